The molecule has 1 aromatic heterocycles. The number of phenolic OH excluding ortho intramolecular Hbond substituents is 1. The van der Waals surface area contributed by atoms with Gasteiger partial charge in [0.1, 0.15) is 17.5 Å². The molecule has 1 aromatic carbocycles. The molecule has 2 aromatic rings. The summed E-state index contributed by atoms with van der Waals surface area (Å²) in [6, 6.07) is 8.60. The Morgan fingerprint density at radius 2 is 2.29 bits per heavy atom. The second-order valence-corrected chi connectivity index (χ2v) is 3.37. The van der Waals surface area contributed by atoms with Gasteiger partial charge in [0.25, 0.3) is 0 Å². The number of rotatable bonds is 1. The Balaban J connectivity index is 2.56. The van der Waals surface area contributed by atoms with E-state index in [1.807, 2.05) is 6.07 Å². The molecule has 0 aliphatic heterocycles. The van der Waals surface area contributed by atoms with Crippen LogP contribution in [0.15, 0.2) is 24.3 Å². The second kappa shape index (κ2) is 3.44. The predicted octanol–water partition coefficient (Wildman–Crippen LogP) is 1.78. The maximum absolute atomic E-state index is 9.25. The van der Waals surface area contributed by atoms with Crippen LogP contribution in [0.5, 0.6) is 5.75 Å². The van der Waals surface area contributed by atoms with Gasteiger partial charge in [0.2, 0.25) is 0 Å². The van der Waals surface area contributed by atoms with E-state index in [1.54, 1.807) is 24.3 Å². The summed E-state index contributed by atoms with van der Waals surface area (Å²) in [6.07, 6.45) is 0. The second-order valence-electron chi connectivity index (χ2n) is 2.61. The molecule has 0 bridgehead atoms. The van der Waals surface area contributed by atoms with Crippen LogP contribution in [0.1, 0.15) is 4.88 Å². The van der Waals surface area contributed by atoms with E-state index in [-0.39, 0.29) is 5.75 Å². The Bertz CT molecular complexity index is 501. The van der Waals surface area contributed by atoms with Crippen molar-refractivity contribution in [3.63, 3.8) is 0 Å². The minimum Gasteiger partial charge on any atom is -0.508 e. The lowest BCUT2D eigenvalue weighted by Gasteiger charge is -1.96. The number of hydrogen-bond donors (Lipinski definition) is 1. The Hall–Kier alpha value is -1.93. The van der Waals surface area contributed by atoms with Crippen LogP contribution in [0.25, 0.3) is 11.3 Å². The molecular formula is C9H5N3OS. The standard InChI is InChI=1S/C9H5N3OS/c10-5-8-9(11-12-14-8)6-2-1-3-7(13)4-6/h1-4,13H. The van der Waals surface area contributed by atoms with Crippen LogP contribution in [0.2, 0.25) is 0 Å². The lowest BCUT2D eigenvalue weighted by molar-refractivity contribution is 0.475. The van der Waals surface area contributed by atoms with Crippen molar-refractivity contribution in [1.82, 2.24) is 9.59 Å². The van der Waals surface area contributed by atoms with Crippen molar-refractivity contribution in [3.05, 3.63) is 29.1 Å². The lowest BCUT2D eigenvalue weighted by Crippen LogP contribution is -1.80. The zero-order chi connectivity index (χ0) is 9.97. The number of nitrogens with zero attached hydrogens (tertiary/aromatic N) is 3. The van der Waals surface area contributed by atoms with Gasteiger partial charge < -0.3 is 5.11 Å². The summed E-state index contributed by atoms with van der Waals surface area (Å²) in [5.74, 6) is 0.152. The van der Waals surface area contributed by atoms with Crippen molar-refractivity contribution in [2.24, 2.45) is 0 Å². The third-order valence-electron chi connectivity index (χ3n) is 1.71. The molecule has 1 heterocycles. The summed E-state index contributed by atoms with van der Waals surface area (Å²) in [5.41, 5.74) is 1.23. The van der Waals surface area contributed by atoms with Gasteiger partial charge in [-0.25, -0.2) is 0 Å². The SMILES string of the molecule is N#Cc1snnc1-c1cccc(O)c1. The maximum atomic E-state index is 9.25. The molecule has 5 heteroatoms. The molecule has 0 aliphatic rings. The van der Waals surface area contributed by atoms with E-state index in [1.165, 1.54) is 0 Å². The Kier molecular flexibility index (Phi) is 2.13. The van der Waals surface area contributed by atoms with E-state index in [0.29, 0.717) is 16.1 Å². The first-order valence-corrected chi connectivity index (χ1v) is 4.60. The van der Waals surface area contributed by atoms with Crippen molar-refractivity contribution in [2.45, 2.75) is 0 Å². The molecule has 0 spiro atoms. The molecule has 0 atom stereocenters. The molecule has 4 nitrogen and oxygen atoms in total. The van der Waals surface area contributed by atoms with E-state index < -0.39 is 0 Å². The molecule has 68 valence electrons. The number of nitriles is 1. The first-order chi connectivity index (χ1) is 6.81. The van der Waals surface area contributed by atoms with Gasteiger partial charge in [0, 0.05) is 5.56 Å². The fourth-order valence-corrected chi connectivity index (χ4v) is 1.60. The molecule has 0 saturated carbocycles. The topological polar surface area (TPSA) is 69.8 Å². The van der Waals surface area contributed by atoms with Crippen molar-refractivity contribution >= 4 is 11.5 Å². The van der Waals surface area contributed by atoms with Crippen LogP contribution in [0, 0.1) is 11.3 Å². The molecule has 0 fully saturated rings. The van der Waals surface area contributed by atoms with Gasteiger partial charge in [-0.15, -0.1) is 5.10 Å². The first kappa shape index (κ1) is 8.66. The van der Waals surface area contributed by atoms with Crippen LogP contribution in [0.4, 0.5) is 0 Å². The van der Waals surface area contributed by atoms with Gasteiger partial charge >= 0.3 is 0 Å². The fourth-order valence-electron chi connectivity index (χ4n) is 1.11. The van der Waals surface area contributed by atoms with Crippen molar-refractivity contribution in [2.75, 3.05) is 0 Å². The van der Waals surface area contributed by atoms with E-state index in [0.717, 1.165) is 11.5 Å². The van der Waals surface area contributed by atoms with Crippen LogP contribution in [-0.4, -0.2) is 14.7 Å². The van der Waals surface area contributed by atoms with E-state index in [2.05, 4.69) is 9.59 Å². The molecular weight excluding hydrogens is 198 g/mol. The minimum absolute atomic E-state index is 0.152. The highest BCUT2D eigenvalue weighted by Crippen LogP contribution is 2.25. The number of benzene rings is 1. The van der Waals surface area contributed by atoms with Crippen LogP contribution in [0.3, 0.4) is 0 Å². The van der Waals surface area contributed by atoms with Gasteiger partial charge in [0.15, 0.2) is 4.88 Å². The third kappa shape index (κ3) is 1.43. The average molecular weight is 203 g/mol. The van der Waals surface area contributed by atoms with Crippen molar-refractivity contribution in [3.8, 4) is 23.1 Å². The van der Waals surface area contributed by atoms with Crippen molar-refractivity contribution in [1.29, 1.82) is 5.26 Å². The Labute approximate surface area is 84.2 Å². The predicted molar refractivity (Wildman–Crippen MR) is 51.7 cm³/mol. The molecule has 0 saturated heterocycles. The van der Waals surface area contributed by atoms with Gasteiger partial charge in [-0.3, -0.25) is 0 Å². The summed E-state index contributed by atoms with van der Waals surface area (Å²) < 4.78 is 3.69. The van der Waals surface area contributed by atoms with Crippen LogP contribution >= 0.6 is 11.5 Å². The number of phenols is 1. The van der Waals surface area contributed by atoms with Crippen LogP contribution < -0.4 is 0 Å². The summed E-state index contributed by atoms with van der Waals surface area (Å²) in [6.45, 7) is 0. The zero-order valence-electron chi connectivity index (χ0n) is 7.01. The quantitative estimate of drug-likeness (QED) is 0.767. The molecule has 14 heavy (non-hydrogen) atoms. The van der Waals surface area contributed by atoms with E-state index in [4.69, 9.17) is 5.26 Å². The smallest absolute Gasteiger partial charge is 0.153 e. The first-order valence-electron chi connectivity index (χ1n) is 3.83. The van der Waals surface area contributed by atoms with Gasteiger partial charge in [-0.1, -0.05) is 16.6 Å². The highest BCUT2D eigenvalue weighted by molar-refractivity contribution is 7.06. The number of hydrogen-bond acceptors (Lipinski definition) is 5. The summed E-state index contributed by atoms with van der Waals surface area (Å²) in [7, 11) is 0. The molecule has 0 amide bonds. The number of aromatic nitrogens is 2. The average Bonchev–Trinajstić information content (AvgIpc) is 2.65. The van der Waals surface area contributed by atoms with Gasteiger partial charge in [-0.2, -0.15) is 5.26 Å². The third-order valence-corrected chi connectivity index (χ3v) is 2.34. The molecule has 0 radical (unpaired) electrons. The monoisotopic (exact) mass is 203 g/mol. The highest BCUT2D eigenvalue weighted by atomic mass is 32.1. The molecule has 0 unspecified atom stereocenters. The minimum atomic E-state index is 0.152. The summed E-state index contributed by atoms with van der Waals surface area (Å²) in [4.78, 5) is 0.454. The lowest BCUT2D eigenvalue weighted by atomic mass is 10.1. The highest BCUT2D eigenvalue weighted by Gasteiger charge is 2.09. The maximum Gasteiger partial charge on any atom is 0.153 e. The normalized spacial score (nSPS) is 9.64. The number of aromatic hydroxyl groups is 1. The summed E-state index contributed by atoms with van der Waals surface area (Å²) >= 11 is 1.05. The Morgan fingerprint density at radius 1 is 1.43 bits per heavy atom. The van der Waals surface area contributed by atoms with Gasteiger partial charge in [0.05, 0.1) is 0 Å². The largest absolute Gasteiger partial charge is 0.508 e. The Morgan fingerprint density at radius 3 is 3.00 bits per heavy atom. The van der Waals surface area contributed by atoms with Crippen molar-refractivity contribution < 1.29 is 5.11 Å². The van der Waals surface area contributed by atoms with Gasteiger partial charge in [-0.05, 0) is 23.7 Å². The van der Waals surface area contributed by atoms with Crippen LogP contribution in [-0.2, 0) is 0 Å². The molecule has 0 aliphatic carbocycles. The molecule has 2 rings (SSSR count). The fraction of sp³-hybridized carbons (Fsp3) is 0. The molecule has 1 N–H and O–H groups in total. The van der Waals surface area contributed by atoms with E-state index >= 15 is 0 Å². The summed E-state index contributed by atoms with van der Waals surface area (Å²) in [5, 5.41) is 21.8. The zero-order valence-corrected chi connectivity index (χ0v) is 7.82. The van der Waals surface area contributed by atoms with E-state index in [9.17, 15) is 5.11 Å².